The van der Waals surface area contributed by atoms with E-state index in [1.165, 1.54) is 14.7 Å². The summed E-state index contributed by atoms with van der Waals surface area (Å²) < 4.78 is 12.3. The van der Waals surface area contributed by atoms with Crippen molar-refractivity contribution in [2.45, 2.75) is 12.2 Å². The highest BCUT2D eigenvalue weighted by molar-refractivity contribution is 14.1. The zero-order valence-electron chi connectivity index (χ0n) is 7.05. The molecule has 0 unspecified atom stereocenters. The number of ether oxygens (including phenoxy) is 2. The Hall–Kier alpha value is -0.130. The highest BCUT2D eigenvalue weighted by Crippen LogP contribution is 2.42. The predicted molar refractivity (Wildman–Crippen MR) is 56.4 cm³/mol. The summed E-state index contributed by atoms with van der Waals surface area (Å²) in [7, 11) is 0. The van der Waals surface area contributed by atoms with Crippen molar-refractivity contribution in [3.05, 3.63) is 32.9 Å². The molecule has 13 heavy (non-hydrogen) atoms. The van der Waals surface area contributed by atoms with Gasteiger partial charge in [0.2, 0.25) is 0 Å². The lowest BCUT2D eigenvalue weighted by Crippen LogP contribution is -2.46. The fourth-order valence-electron chi connectivity index (χ4n) is 1.95. The van der Waals surface area contributed by atoms with Gasteiger partial charge in [0, 0.05) is 3.57 Å². The Labute approximate surface area is 90.4 Å². The number of benzene rings is 1. The molecule has 3 heteroatoms. The van der Waals surface area contributed by atoms with Crippen molar-refractivity contribution in [2.24, 2.45) is 0 Å². The highest BCUT2D eigenvalue weighted by atomic mass is 127. The van der Waals surface area contributed by atoms with Crippen LogP contribution in [0.1, 0.15) is 11.1 Å². The normalized spacial score (nSPS) is 22.8. The van der Waals surface area contributed by atoms with E-state index in [0.717, 1.165) is 19.8 Å². The van der Waals surface area contributed by atoms with Gasteiger partial charge in [-0.1, -0.05) is 6.07 Å². The zero-order valence-corrected chi connectivity index (χ0v) is 9.21. The largest absolute Gasteiger partial charge is 0.375 e. The molecule has 1 fully saturated rings. The summed E-state index contributed by atoms with van der Waals surface area (Å²) >= 11 is 2.33. The third-order valence-corrected chi connectivity index (χ3v) is 3.40. The van der Waals surface area contributed by atoms with Gasteiger partial charge in [0.1, 0.15) is 5.60 Å². The average molecular weight is 288 g/mol. The van der Waals surface area contributed by atoms with E-state index < -0.39 is 0 Å². The molecule has 0 saturated carbocycles. The maximum atomic E-state index is 5.77. The van der Waals surface area contributed by atoms with E-state index in [1.54, 1.807) is 0 Å². The van der Waals surface area contributed by atoms with Gasteiger partial charge in [-0.15, -0.1) is 0 Å². The Balaban J connectivity index is 2.11. The Morgan fingerprint density at radius 3 is 2.85 bits per heavy atom. The van der Waals surface area contributed by atoms with Gasteiger partial charge in [-0.2, -0.15) is 0 Å². The van der Waals surface area contributed by atoms with Crippen molar-refractivity contribution < 1.29 is 9.47 Å². The van der Waals surface area contributed by atoms with E-state index in [2.05, 4.69) is 40.8 Å². The fourth-order valence-corrected chi connectivity index (χ4v) is 2.50. The first kappa shape index (κ1) is 8.20. The molecular weight excluding hydrogens is 279 g/mol. The summed E-state index contributed by atoms with van der Waals surface area (Å²) in [5.74, 6) is 0. The maximum Gasteiger partial charge on any atom is 0.140 e. The van der Waals surface area contributed by atoms with Crippen LogP contribution in [0.15, 0.2) is 18.2 Å². The third kappa shape index (κ3) is 1.07. The van der Waals surface area contributed by atoms with Crippen LogP contribution in [0.25, 0.3) is 0 Å². The van der Waals surface area contributed by atoms with Crippen molar-refractivity contribution in [1.29, 1.82) is 0 Å². The third-order valence-electron chi connectivity index (χ3n) is 2.73. The quantitative estimate of drug-likeness (QED) is 0.680. The van der Waals surface area contributed by atoms with Crippen molar-refractivity contribution in [2.75, 3.05) is 13.2 Å². The lowest BCUT2D eigenvalue weighted by molar-refractivity contribution is -0.209. The number of fused-ring (bicyclic) bond motifs is 2. The number of hydrogen-bond acceptors (Lipinski definition) is 2. The second kappa shape index (κ2) is 2.68. The average Bonchev–Trinajstić information content (AvgIpc) is 2.41. The van der Waals surface area contributed by atoms with E-state index in [9.17, 15) is 0 Å². The van der Waals surface area contributed by atoms with Gasteiger partial charge in [0.15, 0.2) is 0 Å². The molecule has 0 atom stereocenters. The summed E-state index contributed by atoms with van der Waals surface area (Å²) in [6.45, 7) is 2.19. The molecular formula is C10H9IO2. The number of halogens is 1. The van der Waals surface area contributed by atoms with E-state index in [1.807, 2.05) is 0 Å². The maximum absolute atomic E-state index is 5.77. The Morgan fingerprint density at radius 2 is 2.15 bits per heavy atom. The lowest BCUT2D eigenvalue weighted by atomic mass is 9.91. The molecule has 3 rings (SSSR count). The zero-order chi connectivity index (χ0) is 8.89. The van der Waals surface area contributed by atoms with Crippen LogP contribution in [0.5, 0.6) is 0 Å². The number of hydrogen-bond donors (Lipinski definition) is 0. The summed E-state index contributed by atoms with van der Waals surface area (Å²) in [5.41, 5.74) is 2.58. The van der Waals surface area contributed by atoms with Gasteiger partial charge in [0.05, 0.1) is 19.8 Å². The lowest BCUT2D eigenvalue weighted by Gasteiger charge is -2.37. The minimum atomic E-state index is -0.0837. The highest BCUT2D eigenvalue weighted by Gasteiger charge is 2.46. The molecule has 68 valence electrons. The molecule has 2 nitrogen and oxygen atoms in total. The Morgan fingerprint density at radius 1 is 1.31 bits per heavy atom. The molecule has 0 amide bonds. The van der Waals surface area contributed by atoms with Crippen molar-refractivity contribution >= 4 is 22.6 Å². The van der Waals surface area contributed by atoms with Crippen LogP contribution in [0.2, 0.25) is 0 Å². The first-order valence-corrected chi connectivity index (χ1v) is 5.39. The summed E-state index contributed by atoms with van der Waals surface area (Å²) in [6, 6.07) is 6.50. The van der Waals surface area contributed by atoms with Gasteiger partial charge in [0.25, 0.3) is 0 Å². The van der Waals surface area contributed by atoms with Crippen LogP contribution in [0.3, 0.4) is 0 Å². The fraction of sp³-hybridized carbons (Fsp3) is 0.400. The molecule has 0 aromatic heterocycles. The molecule has 0 aliphatic carbocycles. The van der Waals surface area contributed by atoms with Crippen molar-refractivity contribution in [1.82, 2.24) is 0 Å². The standard InChI is InChI=1S/C10H9IO2/c11-8-1-2-9-7(3-8)4-13-10(9)5-12-6-10/h1-3H,4-6H2. The van der Waals surface area contributed by atoms with Gasteiger partial charge < -0.3 is 9.47 Å². The van der Waals surface area contributed by atoms with E-state index >= 15 is 0 Å². The minimum Gasteiger partial charge on any atom is -0.375 e. The molecule has 1 spiro atoms. The minimum absolute atomic E-state index is 0.0837. The van der Waals surface area contributed by atoms with Crippen molar-refractivity contribution in [3.8, 4) is 0 Å². The molecule has 2 aliphatic rings. The Kier molecular flexibility index (Phi) is 1.69. The van der Waals surface area contributed by atoms with Gasteiger partial charge in [-0.3, -0.25) is 0 Å². The molecule has 0 radical (unpaired) electrons. The number of rotatable bonds is 0. The van der Waals surface area contributed by atoms with E-state index in [4.69, 9.17) is 9.47 Å². The summed E-state index contributed by atoms with van der Waals surface area (Å²) in [5, 5.41) is 0. The van der Waals surface area contributed by atoms with Gasteiger partial charge >= 0.3 is 0 Å². The van der Waals surface area contributed by atoms with Crippen LogP contribution >= 0.6 is 22.6 Å². The Bertz CT molecular complexity index is 358. The topological polar surface area (TPSA) is 18.5 Å². The molecule has 0 bridgehead atoms. The SMILES string of the molecule is Ic1ccc2c(c1)COC21COC1. The van der Waals surface area contributed by atoms with Crippen LogP contribution in [0.4, 0.5) is 0 Å². The summed E-state index contributed by atoms with van der Waals surface area (Å²) in [4.78, 5) is 0. The smallest absolute Gasteiger partial charge is 0.140 e. The predicted octanol–water partition coefficient (Wildman–Crippen LogP) is 2.05. The van der Waals surface area contributed by atoms with E-state index in [0.29, 0.717) is 0 Å². The van der Waals surface area contributed by atoms with Gasteiger partial charge in [-0.25, -0.2) is 0 Å². The first-order valence-electron chi connectivity index (χ1n) is 4.31. The first-order chi connectivity index (χ1) is 6.30. The molecule has 0 N–H and O–H groups in total. The van der Waals surface area contributed by atoms with Crippen LogP contribution in [-0.4, -0.2) is 13.2 Å². The second-order valence-corrected chi connectivity index (χ2v) is 4.82. The monoisotopic (exact) mass is 288 g/mol. The molecule has 1 aromatic rings. The molecule has 1 aromatic carbocycles. The van der Waals surface area contributed by atoms with Crippen LogP contribution < -0.4 is 0 Å². The molecule has 2 aliphatic heterocycles. The van der Waals surface area contributed by atoms with Crippen LogP contribution in [-0.2, 0) is 21.7 Å². The molecule has 2 heterocycles. The van der Waals surface area contributed by atoms with Crippen molar-refractivity contribution in [3.63, 3.8) is 0 Å². The second-order valence-electron chi connectivity index (χ2n) is 3.58. The molecule has 1 saturated heterocycles. The van der Waals surface area contributed by atoms with Crippen LogP contribution in [0, 0.1) is 3.57 Å². The van der Waals surface area contributed by atoms with E-state index in [-0.39, 0.29) is 5.60 Å². The van der Waals surface area contributed by atoms with Gasteiger partial charge in [-0.05, 0) is 45.9 Å². The summed E-state index contributed by atoms with van der Waals surface area (Å²) in [6.07, 6.45) is 0.